The van der Waals surface area contributed by atoms with E-state index in [1.165, 1.54) is 6.07 Å². The molecule has 1 amide bonds. The maximum atomic E-state index is 14.0. The van der Waals surface area contributed by atoms with Crippen LogP contribution in [0.5, 0.6) is 0 Å². The molecule has 0 saturated carbocycles. The highest BCUT2D eigenvalue weighted by atomic mass is 19.1. The van der Waals surface area contributed by atoms with Crippen LogP contribution in [0, 0.1) is 5.82 Å². The van der Waals surface area contributed by atoms with Crippen LogP contribution in [0.2, 0.25) is 0 Å². The summed E-state index contributed by atoms with van der Waals surface area (Å²) in [5.41, 5.74) is 1.09. The zero-order valence-electron chi connectivity index (χ0n) is 16.2. The normalized spacial score (nSPS) is 16.8. The Balaban J connectivity index is 1.23. The zero-order chi connectivity index (χ0) is 20.3. The van der Waals surface area contributed by atoms with Crippen molar-refractivity contribution in [2.75, 3.05) is 26.2 Å². The van der Waals surface area contributed by atoms with Crippen LogP contribution in [-0.2, 0) is 16.8 Å². The highest BCUT2D eigenvalue weighted by Gasteiger charge is 2.36. The average Bonchev–Trinajstić information content (AvgIpc) is 3.13. The van der Waals surface area contributed by atoms with Crippen molar-refractivity contribution in [3.8, 4) is 0 Å². The van der Waals surface area contributed by atoms with Crippen molar-refractivity contribution in [1.82, 2.24) is 20.2 Å². The molecule has 1 aliphatic rings. The Morgan fingerprint density at radius 3 is 2.66 bits per heavy atom. The van der Waals surface area contributed by atoms with E-state index in [0.717, 1.165) is 16.9 Å². The van der Waals surface area contributed by atoms with E-state index >= 15 is 0 Å². The summed E-state index contributed by atoms with van der Waals surface area (Å²) in [5, 5.41) is 13.7. The third kappa shape index (κ3) is 4.46. The topological polar surface area (TPSA) is 81.2 Å². The minimum atomic E-state index is -1.17. The quantitative estimate of drug-likeness (QED) is 0.597. The van der Waals surface area contributed by atoms with Crippen LogP contribution < -0.4 is 5.32 Å². The second-order valence-electron chi connectivity index (χ2n) is 7.59. The Labute approximate surface area is 168 Å². The molecule has 1 saturated heterocycles. The number of aromatic nitrogens is 2. The maximum absolute atomic E-state index is 14.0. The second-order valence-corrected chi connectivity index (χ2v) is 7.59. The number of amides is 1. The Bertz CT molecular complexity index is 962. The number of carbonyl (C=O) groups is 1. The monoisotopic (exact) mass is 396 g/mol. The third-order valence-corrected chi connectivity index (χ3v) is 5.55. The summed E-state index contributed by atoms with van der Waals surface area (Å²) < 4.78 is 14.0. The van der Waals surface area contributed by atoms with Gasteiger partial charge in [0.25, 0.3) is 0 Å². The number of imidazole rings is 1. The van der Waals surface area contributed by atoms with Crippen molar-refractivity contribution in [1.29, 1.82) is 0 Å². The van der Waals surface area contributed by atoms with E-state index in [2.05, 4.69) is 15.3 Å². The molecule has 0 bridgehead atoms. The molecule has 29 heavy (non-hydrogen) atoms. The second kappa shape index (κ2) is 8.31. The summed E-state index contributed by atoms with van der Waals surface area (Å²) in [6, 6.07) is 14.2. The molecule has 1 aromatic heterocycles. The molecule has 0 spiro atoms. The summed E-state index contributed by atoms with van der Waals surface area (Å²) in [5.74, 6) is 0.406. The van der Waals surface area contributed by atoms with Crippen LogP contribution >= 0.6 is 0 Å². The summed E-state index contributed by atoms with van der Waals surface area (Å²) >= 11 is 0. The predicted molar refractivity (Wildman–Crippen MR) is 109 cm³/mol. The third-order valence-electron chi connectivity index (χ3n) is 5.55. The van der Waals surface area contributed by atoms with Crippen molar-refractivity contribution in [3.63, 3.8) is 0 Å². The number of rotatable bonds is 6. The van der Waals surface area contributed by atoms with Gasteiger partial charge < -0.3 is 15.4 Å². The molecule has 4 rings (SSSR count). The molecule has 7 heteroatoms. The number of nitrogens with one attached hydrogen (secondary N) is 2. The first kappa shape index (κ1) is 19.5. The van der Waals surface area contributed by atoms with Crippen molar-refractivity contribution >= 4 is 16.9 Å². The van der Waals surface area contributed by atoms with E-state index in [4.69, 9.17) is 0 Å². The fraction of sp³-hybridized carbons (Fsp3) is 0.364. The van der Waals surface area contributed by atoms with Gasteiger partial charge in [-0.15, -0.1) is 0 Å². The van der Waals surface area contributed by atoms with Crippen LogP contribution in [-0.4, -0.2) is 52.1 Å². The van der Waals surface area contributed by atoms with Gasteiger partial charge in [0.1, 0.15) is 11.6 Å². The lowest BCUT2D eigenvalue weighted by atomic mass is 9.84. The molecule has 0 unspecified atom stereocenters. The maximum Gasteiger partial charge on any atom is 0.234 e. The van der Waals surface area contributed by atoms with Gasteiger partial charge in [-0.25, -0.2) is 9.37 Å². The minimum Gasteiger partial charge on any atom is -0.385 e. The molecule has 1 aliphatic heterocycles. The van der Waals surface area contributed by atoms with Gasteiger partial charge >= 0.3 is 0 Å². The van der Waals surface area contributed by atoms with E-state index in [1.807, 2.05) is 29.2 Å². The number of fused-ring (bicyclic) bond motifs is 1. The molecule has 6 nitrogen and oxygen atoms in total. The molecule has 152 valence electrons. The van der Waals surface area contributed by atoms with Crippen LogP contribution in [0.1, 0.15) is 24.2 Å². The zero-order valence-corrected chi connectivity index (χ0v) is 16.2. The number of benzene rings is 2. The van der Waals surface area contributed by atoms with Crippen molar-refractivity contribution in [2.45, 2.75) is 24.9 Å². The Morgan fingerprint density at radius 2 is 1.90 bits per heavy atom. The molecule has 2 heterocycles. The van der Waals surface area contributed by atoms with Gasteiger partial charge in [0.05, 0.1) is 23.2 Å². The fourth-order valence-corrected chi connectivity index (χ4v) is 3.89. The molecule has 0 aliphatic carbocycles. The predicted octanol–water partition coefficient (Wildman–Crippen LogP) is 2.34. The minimum absolute atomic E-state index is 0.0579. The van der Waals surface area contributed by atoms with Gasteiger partial charge in [-0.2, -0.15) is 0 Å². The first-order valence-electron chi connectivity index (χ1n) is 9.94. The highest BCUT2D eigenvalue weighted by molar-refractivity contribution is 5.78. The molecule has 0 atom stereocenters. The molecular weight excluding hydrogens is 371 g/mol. The van der Waals surface area contributed by atoms with Crippen molar-refractivity contribution in [3.05, 3.63) is 65.7 Å². The largest absolute Gasteiger partial charge is 0.385 e. The Hall–Kier alpha value is -2.77. The van der Waals surface area contributed by atoms with Gasteiger partial charge in [0.15, 0.2) is 0 Å². The average molecular weight is 396 g/mol. The number of hydrogen-bond acceptors (Lipinski definition) is 4. The SMILES string of the molecule is O=C(CN1CCC(O)(c2ccccc2F)CC1)NCCc1nc2ccccc2[nH]1. The number of H-pyrrole nitrogens is 1. The number of aromatic amines is 1. The van der Waals surface area contributed by atoms with Gasteiger partial charge in [-0.3, -0.25) is 9.69 Å². The van der Waals surface area contributed by atoms with Crippen molar-refractivity contribution in [2.24, 2.45) is 0 Å². The van der Waals surface area contributed by atoms with E-state index in [0.29, 0.717) is 44.5 Å². The number of piperidine rings is 1. The van der Waals surface area contributed by atoms with Crippen molar-refractivity contribution < 1.29 is 14.3 Å². The lowest BCUT2D eigenvalue weighted by Crippen LogP contribution is -2.46. The van der Waals surface area contributed by atoms with E-state index in [9.17, 15) is 14.3 Å². The molecule has 1 fully saturated rings. The van der Waals surface area contributed by atoms with Crippen LogP contribution in [0.15, 0.2) is 48.5 Å². The van der Waals surface area contributed by atoms with Crippen LogP contribution in [0.25, 0.3) is 11.0 Å². The van der Waals surface area contributed by atoms with Crippen LogP contribution in [0.3, 0.4) is 0 Å². The molecule has 2 aromatic carbocycles. The number of aliphatic hydroxyl groups is 1. The molecule has 0 radical (unpaired) electrons. The smallest absolute Gasteiger partial charge is 0.234 e. The number of para-hydroxylation sites is 2. The molecule has 3 N–H and O–H groups in total. The fourth-order valence-electron chi connectivity index (χ4n) is 3.89. The number of carbonyl (C=O) groups excluding carboxylic acids is 1. The Kier molecular flexibility index (Phi) is 5.60. The van der Waals surface area contributed by atoms with E-state index in [-0.39, 0.29) is 18.3 Å². The lowest BCUT2D eigenvalue weighted by Gasteiger charge is -2.38. The van der Waals surface area contributed by atoms with Gasteiger partial charge in [-0.1, -0.05) is 30.3 Å². The number of hydrogen-bond donors (Lipinski definition) is 3. The lowest BCUT2D eigenvalue weighted by molar-refractivity contribution is -0.123. The van der Waals surface area contributed by atoms with E-state index < -0.39 is 5.60 Å². The summed E-state index contributed by atoms with van der Waals surface area (Å²) in [4.78, 5) is 22.0. The first-order chi connectivity index (χ1) is 14.0. The number of nitrogens with zero attached hydrogens (tertiary/aromatic N) is 2. The van der Waals surface area contributed by atoms with Gasteiger partial charge in [-0.05, 0) is 31.0 Å². The van der Waals surface area contributed by atoms with Gasteiger partial charge in [0, 0.05) is 31.6 Å². The first-order valence-corrected chi connectivity index (χ1v) is 9.94. The van der Waals surface area contributed by atoms with Crippen LogP contribution in [0.4, 0.5) is 4.39 Å². The summed E-state index contributed by atoms with van der Waals surface area (Å²) in [6.45, 7) is 1.86. The number of likely N-dealkylation sites (tertiary alicyclic amines) is 1. The standard InChI is InChI=1S/C22H25FN4O2/c23-17-6-2-1-5-16(17)22(29)10-13-27(14-11-22)15-21(28)24-12-9-20-25-18-7-3-4-8-19(18)26-20/h1-8,29H,9-15H2,(H,24,28)(H,25,26). The summed E-state index contributed by atoms with van der Waals surface area (Å²) in [7, 11) is 0. The highest BCUT2D eigenvalue weighted by Crippen LogP contribution is 2.34. The van der Waals surface area contributed by atoms with E-state index in [1.54, 1.807) is 18.2 Å². The number of halogens is 1. The summed E-state index contributed by atoms with van der Waals surface area (Å²) in [6.07, 6.45) is 1.44. The molecule has 3 aromatic rings. The molecular formula is C22H25FN4O2. The Morgan fingerprint density at radius 1 is 1.17 bits per heavy atom. The van der Waals surface area contributed by atoms with Gasteiger partial charge in [0.2, 0.25) is 5.91 Å².